The molecule has 1 atom stereocenters. The number of nitrogens with one attached hydrogen (secondary N) is 1. The Hall–Kier alpha value is -3.22. The molecule has 1 aromatic carbocycles. The van der Waals surface area contributed by atoms with Crippen LogP contribution < -0.4 is 5.32 Å². The zero-order valence-corrected chi connectivity index (χ0v) is 16.7. The first kappa shape index (κ1) is 19.1. The zero-order valence-electron chi connectivity index (χ0n) is 16.7. The van der Waals surface area contributed by atoms with Gasteiger partial charge in [-0.15, -0.1) is 10.2 Å². The van der Waals surface area contributed by atoms with Crippen LogP contribution in [0.1, 0.15) is 42.0 Å². The van der Waals surface area contributed by atoms with E-state index < -0.39 is 6.04 Å². The standard InChI is InChI=1S/C22H25N5O2/c1-15(2)20(27-14-16-8-3-4-9-17(16)22(27)29)21(28)23-12-7-11-19-25-24-18-10-5-6-13-26(18)19/h3-6,8-10,13,15,20H,7,11-12,14H2,1-2H3,(H,23,28). The number of aromatic nitrogens is 3. The Morgan fingerprint density at radius 1 is 1.14 bits per heavy atom. The van der Waals surface area contributed by atoms with Crippen molar-refractivity contribution in [3.63, 3.8) is 0 Å². The molecule has 2 amide bonds. The number of aryl methyl sites for hydroxylation is 1. The molecule has 0 fully saturated rings. The number of rotatable bonds is 7. The van der Waals surface area contributed by atoms with Crippen molar-refractivity contribution in [3.05, 3.63) is 65.6 Å². The minimum atomic E-state index is -0.483. The van der Waals surface area contributed by atoms with Gasteiger partial charge in [-0.2, -0.15) is 0 Å². The third-order valence-electron chi connectivity index (χ3n) is 5.35. The van der Waals surface area contributed by atoms with Crippen molar-refractivity contribution in [2.45, 2.75) is 39.3 Å². The van der Waals surface area contributed by atoms with Gasteiger partial charge in [-0.3, -0.25) is 14.0 Å². The first-order valence-electron chi connectivity index (χ1n) is 10.0. The van der Waals surface area contributed by atoms with Crippen molar-refractivity contribution in [3.8, 4) is 0 Å². The molecule has 0 saturated heterocycles. The second-order valence-corrected chi connectivity index (χ2v) is 7.72. The van der Waals surface area contributed by atoms with Crippen LogP contribution in [-0.4, -0.2) is 43.9 Å². The van der Waals surface area contributed by atoms with Gasteiger partial charge in [0.05, 0.1) is 0 Å². The summed E-state index contributed by atoms with van der Waals surface area (Å²) < 4.78 is 1.96. The molecule has 0 radical (unpaired) electrons. The number of pyridine rings is 1. The minimum absolute atomic E-state index is 0.0219. The van der Waals surface area contributed by atoms with E-state index in [0.717, 1.165) is 23.5 Å². The highest BCUT2D eigenvalue weighted by atomic mass is 16.2. The smallest absolute Gasteiger partial charge is 0.255 e. The molecule has 1 aliphatic rings. The number of hydrogen-bond donors (Lipinski definition) is 1. The number of hydrogen-bond acceptors (Lipinski definition) is 4. The number of amides is 2. The van der Waals surface area contributed by atoms with E-state index in [4.69, 9.17) is 0 Å². The fraction of sp³-hybridized carbons (Fsp3) is 0.364. The number of carbonyl (C=O) groups is 2. The first-order chi connectivity index (χ1) is 14.1. The molecule has 1 unspecified atom stereocenters. The molecule has 150 valence electrons. The SMILES string of the molecule is CC(C)C(C(=O)NCCCc1nnc2ccccn12)N1Cc2ccccc2C1=O. The van der Waals surface area contributed by atoms with Crippen LogP contribution in [0, 0.1) is 5.92 Å². The van der Waals surface area contributed by atoms with Gasteiger partial charge in [-0.1, -0.05) is 38.1 Å². The summed E-state index contributed by atoms with van der Waals surface area (Å²) in [5.41, 5.74) is 2.50. The molecule has 7 nitrogen and oxygen atoms in total. The topological polar surface area (TPSA) is 79.6 Å². The molecule has 4 rings (SSSR count). The van der Waals surface area contributed by atoms with E-state index in [1.54, 1.807) is 4.90 Å². The fourth-order valence-electron chi connectivity index (χ4n) is 3.93. The third-order valence-corrected chi connectivity index (χ3v) is 5.35. The number of fused-ring (bicyclic) bond motifs is 2. The molecule has 0 aliphatic carbocycles. The summed E-state index contributed by atoms with van der Waals surface area (Å²) in [7, 11) is 0. The van der Waals surface area contributed by atoms with Crippen molar-refractivity contribution in [2.24, 2.45) is 5.92 Å². The summed E-state index contributed by atoms with van der Waals surface area (Å²) in [5.74, 6) is 0.728. The maximum absolute atomic E-state index is 12.9. The number of nitrogens with zero attached hydrogens (tertiary/aromatic N) is 4. The molecule has 0 saturated carbocycles. The van der Waals surface area contributed by atoms with Crippen LogP contribution in [-0.2, 0) is 17.8 Å². The zero-order chi connectivity index (χ0) is 20.4. The molecule has 3 heterocycles. The lowest BCUT2D eigenvalue weighted by Gasteiger charge is -2.29. The Labute approximate surface area is 169 Å². The Kier molecular flexibility index (Phi) is 5.29. The van der Waals surface area contributed by atoms with Crippen molar-refractivity contribution < 1.29 is 9.59 Å². The highest BCUT2D eigenvalue weighted by molar-refractivity contribution is 6.01. The monoisotopic (exact) mass is 391 g/mol. The van der Waals surface area contributed by atoms with Gasteiger partial charge in [-0.25, -0.2) is 0 Å². The number of carbonyl (C=O) groups excluding carboxylic acids is 2. The highest BCUT2D eigenvalue weighted by Crippen LogP contribution is 2.27. The molecule has 29 heavy (non-hydrogen) atoms. The van der Waals surface area contributed by atoms with Crippen molar-refractivity contribution in [2.75, 3.05) is 6.54 Å². The van der Waals surface area contributed by atoms with Crippen LogP contribution >= 0.6 is 0 Å². The number of benzene rings is 1. The summed E-state index contributed by atoms with van der Waals surface area (Å²) >= 11 is 0. The van der Waals surface area contributed by atoms with E-state index >= 15 is 0 Å². The van der Waals surface area contributed by atoms with Crippen LogP contribution in [0.2, 0.25) is 0 Å². The summed E-state index contributed by atoms with van der Waals surface area (Å²) in [4.78, 5) is 27.4. The molecule has 7 heteroatoms. The van der Waals surface area contributed by atoms with Crippen LogP contribution in [0.15, 0.2) is 48.7 Å². The Morgan fingerprint density at radius 2 is 1.93 bits per heavy atom. The Balaban J connectivity index is 1.36. The van der Waals surface area contributed by atoms with Gasteiger partial charge in [-0.05, 0) is 36.1 Å². The molecule has 0 spiro atoms. The quantitative estimate of drug-likeness (QED) is 0.628. The fourth-order valence-corrected chi connectivity index (χ4v) is 3.93. The lowest BCUT2D eigenvalue weighted by molar-refractivity contribution is -0.127. The molecule has 3 aromatic rings. The lowest BCUT2D eigenvalue weighted by atomic mass is 10.0. The van der Waals surface area contributed by atoms with Gasteiger partial charge in [0.25, 0.3) is 5.91 Å². The predicted octanol–water partition coefficient (Wildman–Crippen LogP) is 2.46. The summed E-state index contributed by atoms with van der Waals surface area (Å²) in [6, 6.07) is 12.9. The minimum Gasteiger partial charge on any atom is -0.354 e. The largest absolute Gasteiger partial charge is 0.354 e. The van der Waals surface area contributed by atoms with Gasteiger partial charge in [0.2, 0.25) is 5.91 Å². The van der Waals surface area contributed by atoms with E-state index in [-0.39, 0.29) is 17.7 Å². The van der Waals surface area contributed by atoms with Gasteiger partial charge < -0.3 is 10.2 Å². The normalized spacial score (nSPS) is 14.4. The Morgan fingerprint density at radius 3 is 2.72 bits per heavy atom. The Bertz CT molecular complexity index is 1040. The maximum Gasteiger partial charge on any atom is 0.255 e. The molecule has 1 aliphatic heterocycles. The molecular weight excluding hydrogens is 366 g/mol. The third kappa shape index (κ3) is 3.72. The summed E-state index contributed by atoms with van der Waals surface area (Å²) in [6.07, 6.45) is 3.40. The van der Waals surface area contributed by atoms with Gasteiger partial charge >= 0.3 is 0 Å². The molecular formula is C22H25N5O2. The van der Waals surface area contributed by atoms with E-state index in [1.807, 2.05) is 66.9 Å². The van der Waals surface area contributed by atoms with Crippen LogP contribution in [0.3, 0.4) is 0 Å². The van der Waals surface area contributed by atoms with Crippen LogP contribution in [0.25, 0.3) is 5.65 Å². The predicted molar refractivity (Wildman–Crippen MR) is 109 cm³/mol. The van der Waals surface area contributed by atoms with Gasteiger partial charge in [0.1, 0.15) is 11.9 Å². The average Bonchev–Trinajstić information content (AvgIpc) is 3.27. The van der Waals surface area contributed by atoms with E-state index in [0.29, 0.717) is 25.1 Å². The van der Waals surface area contributed by atoms with Gasteiger partial charge in [0, 0.05) is 31.3 Å². The second kappa shape index (κ2) is 8.03. The molecule has 0 bridgehead atoms. The molecule has 2 aromatic heterocycles. The summed E-state index contributed by atoms with van der Waals surface area (Å²) in [6.45, 7) is 4.96. The average molecular weight is 391 g/mol. The van der Waals surface area contributed by atoms with Crippen molar-refractivity contribution >= 4 is 17.5 Å². The van der Waals surface area contributed by atoms with Crippen molar-refractivity contribution in [1.82, 2.24) is 24.8 Å². The van der Waals surface area contributed by atoms with E-state index in [1.165, 1.54) is 0 Å². The van der Waals surface area contributed by atoms with Crippen LogP contribution in [0.5, 0.6) is 0 Å². The van der Waals surface area contributed by atoms with Crippen molar-refractivity contribution in [1.29, 1.82) is 0 Å². The highest BCUT2D eigenvalue weighted by Gasteiger charge is 2.37. The first-order valence-corrected chi connectivity index (χ1v) is 10.0. The molecule has 1 N–H and O–H groups in total. The second-order valence-electron chi connectivity index (χ2n) is 7.72. The van der Waals surface area contributed by atoms with E-state index in [2.05, 4.69) is 15.5 Å². The lowest BCUT2D eigenvalue weighted by Crippen LogP contribution is -2.50. The summed E-state index contributed by atoms with van der Waals surface area (Å²) in [5, 5.41) is 11.4. The van der Waals surface area contributed by atoms with Gasteiger partial charge in [0.15, 0.2) is 5.65 Å². The van der Waals surface area contributed by atoms with E-state index in [9.17, 15) is 9.59 Å². The van der Waals surface area contributed by atoms with Crippen LogP contribution in [0.4, 0.5) is 0 Å². The maximum atomic E-state index is 12.9.